The van der Waals surface area contributed by atoms with Crippen molar-refractivity contribution in [3.05, 3.63) is 77.3 Å². The largest absolute Gasteiger partial charge is 0.497 e. The Balaban J connectivity index is 1.72. The predicted octanol–water partition coefficient (Wildman–Crippen LogP) is 4.92. The number of nitrogens with two attached hydrogens (primary N) is 1. The first-order valence-corrected chi connectivity index (χ1v) is 10.9. The number of pyridine rings is 1. The van der Waals surface area contributed by atoms with Crippen LogP contribution in [0.15, 0.2) is 53.3 Å². The van der Waals surface area contributed by atoms with Crippen molar-refractivity contribution in [3.63, 3.8) is 0 Å². The van der Waals surface area contributed by atoms with Crippen LogP contribution in [0.3, 0.4) is 0 Å². The molecule has 0 saturated carbocycles. The van der Waals surface area contributed by atoms with Crippen LogP contribution in [0.1, 0.15) is 23.7 Å². The van der Waals surface area contributed by atoms with Gasteiger partial charge in [-0.3, -0.25) is 9.78 Å². The molecule has 0 amide bonds. The van der Waals surface area contributed by atoms with Crippen molar-refractivity contribution >= 4 is 16.9 Å². The molecule has 2 aromatic heterocycles. The fourth-order valence-corrected chi connectivity index (χ4v) is 3.77. The van der Waals surface area contributed by atoms with Crippen LogP contribution in [-0.2, 0) is 29.1 Å². The van der Waals surface area contributed by atoms with Gasteiger partial charge in [0.1, 0.15) is 29.5 Å². The normalized spacial score (nSPS) is 11.0. The number of furan rings is 1. The van der Waals surface area contributed by atoms with Crippen molar-refractivity contribution in [2.24, 2.45) is 5.73 Å². The number of carbonyl (C=O) groups is 1. The quantitative estimate of drug-likeness (QED) is 0.338. The molecule has 0 bridgehead atoms. The van der Waals surface area contributed by atoms with Gasteiger partial charge in [-0.25, -0.2) is 8.78 Å². The Labute approximate surface area is 200 Å². The summed E-state index contributed by atoms with van der Waals surface area (Å²) < 4.78 is 52.1. The van der Waals surface area contributed by atoms with Crippen molar-refractivity contribution in [2.45, 2.75) is 26.5 Å². The van der Waals surface area contributed by atoms with E-state index in [0.717, 1.165) is 0 Å². The van der Waals surface area contributed by atoms with Crippen LogP contribution in [0.25, 0.3) is 22.1 Å². The standard InChI is InChI=1S/C26H24F2N2O5/c1-3-33-23(31)11-15-4-5-17(32-2)12-22(15)35-14-16-10-20(26-19(24(16)27)7-9-34-26)18-6-8-30-21(13-29)25(18)28/h4-10,12H,3,11,13-14,29H2,1-2H3. The monoisotopic (exact) mass is 482 g/mol. The third-order valence-corrected chi connectivity index (χ3v) is 5.49. The van der Waals surface area contributed by atoms with E-state index in [-0.39, 0.29) is 54.0 Å². The Kier molecular flexibility index (Phi) is 7.26. The van der Waals surface area contributed by atoms with Crippen LogP contribution < -0.4 is 15.2 Å². The molecule has 182 valence electrons. The summed E-state index contributed by atoms with van der Waals surface area (Å²) in [5.41, 5.74) is 7.14. The first-order valence-electron chi connectivity index (χ1n) is 10.9. The zero-order valence-electron chi connectivity index (χ0n) is 19.3. The van der Waals surface area contributed by atoms with Crippen molar-refractivity contribution in [1.29, 1.82) is 0 Å². The summed E-state index contributed by atoms with van der Waals surface area (Å²) in [7, 11) is 1.50. The van der Waals surface area contributed by atoms with Gasteiger partial charge in [-0.2, -0.15) is 0 Å². The van der Waals surface area contributed by atoms with Crippen LogP contribution in [0.4, 0.5) is 8.78 Å². The Morgan fingerprint density at radius 2 is 1.91 bits per heavy atom. The van der Waals surface area contributed by atoms with Gasteiger partial charge in [0, 0.05) is 41.1 Å². The Bertz CT molecular complexity index is 1370. The average molecular weight is 482 g/mol. The highest BCUT2D eigenvalue weighted by molar-refractivity contribution is 5.93. The summed E-state index contributed by atoms with van der Waals surface area (Å²) in [5, 5.41) is 0.184. The third-order valence-electron chi connectivity index (χ3n) is 5.49. The lowest BCUT2D eigenvalue weighted by atomic mass is 9.99. The van der Waals surface area contributed by atoms with Gasteiger partial charge < -0.3 is 24.4 Å². The highest BCUT2D eigenvalue weighted by atomic mass is 19.1. The maximum absolute atomic E-state index is 15.3. The second-order valence-electron chi connectivity index (χ2n) is 7.63. The van der Waals surface area contributed by atoms with Gasteiger partial charge in [-0.15, -0.1) is 0 Å². The van der Waals surface area contributed by atoms with E-state index in [9.17, 15) is 4.79 Å². The number of esters is 1. The molecule has 0 fully saturated rings. The molecule has 0 unspecified atom stereocenters. The van der Waals surface area contributed by atoms with Gasteiger partial charge in [0.05, 0.1) is 37.5 Å². The lowest BCUT2D eigenvalue weighted by Gasteiger charge is -2.15. The summed E-state index contributed by atoms with van der Waals surface area (Å²) in [5.74, 6) is -0.727. The number of rotatable bonds is 9. The molecular weight excluding hydrogens is 458 g/mol. The lowest BCUT2D eigenvalue weighted by Crippen LogP contribution is -2.09. The summed E-state index contributed by atoms with van der Waals surface area (Å²) in [6.07, 6.45) is 2.75. The molecule has 9 heteroatoms. The maximum atomic E-state index is 15.3. The zero-order valence-corrected chi connectivity index (χ0v) is 19.3. The number of carbonyl (C=O) groups excluding carboxylic acids is 1. The number of hydrogen-bond acceptors (Lipinski definition) is 7. The summed E-state index contributed by atoms with van der Waals surface area (Å²) >= 11 is 0. The van der Waals surface area contributed by atoms with E-state index in [1.165, 1.54) is 37.8 Å². The molecular formula is C26H24F2N2O5. The minimum Gasteiger partial charge on any atom is -0.497 e. The van der Waals surface area contributed by atoms with Crippen molar-refractivity contribution in [1.82, 2.24) is 4.98 Å². The van der Waals surface area contributed by atoms with E-state index < -0.39 is 17.6 Å². The highest BCUT2D eigenvalue weighted by Crippen LogP contribution is 2.36. The summed E-state index contributed by atoms with van der Waals surface area (Å²) in [4.78, 5) is 16.0. The van der Waals surface area contributed by atoms with Crippen LogP contribution in [0.2, 0.25) is 0 Å². The maximum Gasteiger partial charge on any atom is 0.310 e. The molecule has 0 spiro atoms. The molecule has 4 aromatic rings. The van der Waals surface area contributed by atoms with Crippen LogP contribution in [-0.4, -0.2) is 24.7 Å². The first kappa shape index (κ1) is 24.2. The topological polar surface area (TPSA) is 96.8 Å². The fourth-order valence-electron chi connectivity index (χ4n) is 3.77. The molecule has 0 aliphatic carbocycles. The van der Waals surface area contributed by atoms with Crippen molar-refractivity contribution in [2.75, 3.05) is 13.7 Å². The Morgan fingerprint density at radius 1 is 1.09 bits per heavy atom. The third kappa shape index (κ3) is 4.95. The summed E-state index contributed by atoms with van der Waals surface area (Å²) in [6, 6.07) is 9.42. The number of halogens is 2. The molecule has 0 saturated heterocycles. The molecule has 2 N–H and O–H groups in total. The van der Waals surface area contributed by atoms with Gasteiger partial charge in [0.25, 0.3) is 0 Å². The number of aromatic nitrogens is 1. The number of benzene rings is 2. The number of ether oxygens (including phenoxy) is 3. The van der Waals surface area contributed by atoms with Gasteiger partial charge in [0.15, 0.2) is 5.82 Å². The van der Waals surface area contributed by atoms with E-state index in [1.807, 2.05) is 0 Å². The fraction of sp³-hybridized carbons (Fsp3) is 0.231. The number of methoxy groups -OCH3 is 1. The average Bonchev–Trinajstić information content (AvgIpc) is 3.35. The molecule has 0 atom stereocenters. The highest BCUT2D eigenvalue weighted by Gasteiger charge is 2.21. The molecule has 7 nitrogen and oxygen atoms in total. The molecule has 2 heterocycles. The molecule has 2 aromatic carbocycles. The van der Waals surface area contributed by atoms with Crippen LogP contribution >= 0.6 is 0 Å². The van der Waals surface area contributed by atoms with Crippen LogP contribution in [0, 0.1) is 11.6 Å². The Morgan fingerprint density at radius 3 is 2.66 bits per heavy atom. The SMILES string of the molecule is CCOC(=O)Cc1ccc(OC)cc1OCc1cc(-c2ccnc(CN)c2F)c2occc2c1F. The van der Waals surface area contributed by atoms with Crippen molar-refractivity contribution < 1.29 is 32.2 Å². The molecule has 35 heavy (non-hydrogen) atoms. The Hall–Kier alpha value is -3.98. The van der Waals surface area contributed by atoms with E-state index in [0.29, 0.717) is 22.6 Å². The zero-order chi connectivity index (χ0) is 24.9. The predicted molar refractivity (Wildman–Crippen MR) is 125 cm³/mol. The van der Waals surface area contributed by atoms with Gasteiger partial charge in [-0.05, 0) is 31.2 Å². The van der Waals surface area contributed by atoms with E-state index in [2.05, 4.69) is 4.98 Å². The second kappa shape index (κ2) is 10.5. The lowest BCUT2D eigenvalue weighted by molar-refractivity contribution is -0.142. The van der Waals surface area contributed by atoms with E-state index >= 15 is 8.78 Å². The van der Waals surface area contributed by atoms with Gasteiger partial charge in [0.2, 0.25) is 0 Å². The van der Waals surface area contributed by atoms with Crippen LogP contribution in [0.5, 0.6) is 11.5 Å². The minimum atomic E-state index is -0.601. The molecule has 0 radical (unpaired) electrons. The number of hydrogen-bond donors (Lipinski definition) is 1. The van der Waals surface area contributed by atoms with E-state index in [4.69, 9.17) is 24.4 Å². The number of nitrogens with zero attached hydrogens (tertiary/aromatic N) is 1. The second-order valence-corrected chi connectivity index (χ2v) is 7.63. The first-order chi connectivity index (χ1) is 17.0. The van der Waals surface area contributed by atoms with Gasteiger partial charge >= 0.3 is 5.97 Å². The molecule has 4 rings (SSSR count). The number of fused-ring (bicyclic) bond motifs is 1. The minimum absolute atomic E-state index is 0.0221. The van der Waals surface area contributed by atoms with E-state index in [1.54, 1.807) is 25.1 Å². The molecule has 0 aliphatic heterocycles. The van der Waals surface area contributed by atoms with Crippen molar-refractivity contribution in [3.8, 4) is 22.6 Å². The smallest absolute Gasteiger partial charge is 0.310 e. The molecule has 0 aliphatic rings. The van der Waals surface area contributed by atoms with Gasteiger partial charge in [-0.1, -0.05) is 6.07 Å². The summed E-state index contributed by atoms with van der Waals surface area (Å²) in [6.45, 7) is 1.69.